The third-order valence-electron chi connectivity index (χ3n) is 2.99. The molecule has 7 heteroatoms. The highest BCUT2D eigenvalue weighted by atomic mass is 32.2. The summed E-state index contributed by atoms with van der Waals surface area (Å²) in [4.78, 5) is 11.0. The number of methoxy groups -OCH3 is 1. The van der Waals surface area contributed by atoms with Gasteiger partial charge in [0.25, 0.3) is 0 Å². The molecule has 0 aliphatic carbocycles. The molecule has 0 atom stereocenters. The van der Waals surface area contributed by atoms with Crippen molar-refractivity contribution in [1.29, 1.82) is 0 Å². The van der Waals surface area contributed by atoms with E-state index in [1.165, 1.54) is 27.0 Å². The molecule has 0 radical (unpaired) electrons. The van der Waals surface area contributed by atoms with Crippen molar-refractivity contribution in [2.75, 3.05) is 7.11 Å². The van der Waals surface area contributed by atoms with Gasteiger partial charge < -0.3 is 9.84 Å². The SMILES string of the molecule is COc1cc(C)c(C)cc1S(=O)(=O)NC(C)(C)C(=O)O. The number of carboxylic acid groups (broad SMARTS) is 1. The second-order valence-corrected chi connectivity index (χ2v) is 6.77. The van der Waals surface area contributed by atoms with Gasteiger partial charge >= 0.3 is 5.97 Å². The molecule has 1 aromatic carbocycles. The first-order chi connectivity index (χ1) is 9.01. The van der Waals surface area contributed by atoms with Crippen molar-refractivity contribution in [3.63, 3.8) is 0 Å². The van der Waals surface area contributed by atoms with E-state index < -0.39 is 21.5 Å². The summed E-state index contributed by atoms with van der Waals surface area (Å²) in [5, 5.41) is 9.02. The molecule has 6 nitrogen and oxygen atoms in total. The minimum absolute atomic E-state index is 0.0718. The molecule has 0 amide bonds. The van der Waals surface area contributed by atoms with E-state index in [9.17, 15) is 13.2 Å². The third kappa shape index (κ3) is 3.29. The lowest BCUT2D eigenvalue weighted by Crippen LogP contribution is -2.49. The number of aryl methyl sites for hydroxylation is 2. The van der Waals surface area contributed by atoms with Crippen LogP contribution in [0.4, 0.5) is 0 Å². The van der Waals surface area contributed by atoms with Crippen LogP contribution in [0, 0.1) is 13.8 Å². The van der Waals surface area contributed by atoms with Crippen molar-refractivity contribution in [2.45, 2.75) is 38.1 Å². The first kappa shape index (κ1) is 16.5. The van der Waals surface area contributed by atoms with E-state index in [1.54, 1.807) is 13.0 Å². The number of carbonyl (C=O) groups is 1. The van der Waals surface area contributed by atoms with E-state index in [-0.39, 0.29) is 10.6 Å². The third-order valence-corrected chi connectivity index (χ3v) is 4.67. The number of benzene rings is 1. The monoisotopic (exact) mass is 301 g/mol. The zero-order valence-electron chi connectivity index (χ0n) is 12.1. The number of carboxylic acids is 1. The van der Waals surface area contributed by atoms with E-state index in [0.717, 1.165) is 11.1 Å². The number of ether oxygens (including phenoxy) is 1. The molecule has 0 heterocycles. The quantitative estimate of drug-likeness (QED) is 0.858. The minimum atomic E-state index is -4.00. The van der Waals surface area contributed by atoms with E-state index in [2.05, 4.69) is 4.72 Å². The van der Waals surface area contributed by atoms with Gasteiger partial charge in [-0.25, -0.2) is 8.42 Å². The van der Waals surface area contributed by atoms with Gasteiger partial charge in [-0.1, -0.05) is 0 Å². The molecule has 1 rings (SSSR count). The molecule has 0 saturated carbocycles. The van der Waals surface area contributed by atoms with E-state index in [1.807, 2.05) is 6.92 Å². The summed E-state index contributed by atoms with van der Waals surface area (Å²) < 4.78 is 31.9. The zero-order chi connectivity index (χ0) is 15.7. The van der Waals surface area contributed by atoms with Crippen LogP contribution < -0.4 is 9.46 Å². The maximum Gasteiger partial charge on any atom is 0.324 e. The van der Waals surface area contributed by atoms with Gasteiger partial charge in [-0.3, -0.25) is 4.79 Å². The maximum absolute atomic E-state index is 12.3. The predicted octanol–water partition coefficient (Wildman–Crippen LogP) is 1.45. The van der Waals surface area contributed by atoms with Crippen molar-refractivity contribution < 1.29 is 23.1 Å². The number of hydrogen-bond acceptors (Lipinski definition) is 4. The summed E-state index contributed by atoms with van der Waals surface area (Å²) in [6, 6.07) is 3.08. The number of rotatable bonds is 5. The molecule has 0 aliphatic rings. The highest BCUT2D eigenvalue weighted by Crippen LogP contribution is 2.28. The molecule has 112 valence electrons. The number of nitrogens with one attached hydrogen (secondary N) is 1. The van der Waals surface area contributed by atoms with Crippen molar-refractivity contribution in [3.05, 3.63) is 23.3 Å². The molecule has 2 N–H and O–H groups in total. The Kier molecular flexibility index (Phi) is 4.45. The summed E-state index contributed by atoms with van der Waals surface area (Å²) in [5.74, 6) is -1.08. The topological polar surface area (TPSA) is 92.7 Å². The van der Waals surface area contributed by atoms with Crippen LogP contribution in [0.1, 0.15) is 25.0 Å². The van der Waals surface area contributed by atoms with Crippen LogP contribution in [0.2, 0.25) is 0 Å². The Morgan fingerprint density at radius 2 is 1.75 bits per heavy atom. The van der Waals surface area contributed by atoms with Crippen LogP contribution >= 0.6 is 0 Å². The smallest absolute Gasteiger partial charge is 0.324 e. The number of aliphatic carboxylic acids is 1. The van der Waals surface area contributed by atoms with Gasteiger partial charge in [0.2, 0.25) is 10.0 Å². The molecule has 0 aromatic heterocycles. The van der Waals surface area contributed by atoms with Crippen LogP contribution in [0.5, 0.6) is 5.75 Å². The Balaban J connectivity index is 3.36. The summed E-state index contributed by atoms with van der Waals surface area (Å²) in [5.41, 5.74) is 0.0559. The molecule has 20 heavy (non-hydrogen) atoms. The molecule has 0 spiro atoms. The molecule has 1 aromatic rings. The lowest BCUT2D eigenvalue weighted by Gasteiger charge is -2.22. The molecule has 0 saturated heterocycles. The van der Waals surface area contributed by atoms with Gasteiger partial charge in [-0.15, -0.1) is 0 Å². The highest BCUT2D eigenvalue weighted by molar-refractivity contribution is 7.89. The van der Waals surface area contributed by atoms with Gasteiger partial charge in [-0.2, -0.15) is 4.72 Å². The van der Waals surface area contributed by atoms with Gasteiger partial charge in [0, 0.05) is 0 Å². The van der Waals surface area contributed by atoms with Crippen molar-refractivity contribution in [1.82, 2.24) is 4.72 Å². The van der Waals surface area contributed by atoms with Crippen LogP contribution in [0.3, 0.4) is 0 Å². The lowest BCUT2D eigenvalue weighted by atomic mass is 10.1. The largest absolute Gasteiger partial charge is 0.495 e. The number of hydrogen-bond donors (Lipinski definition) is 2. The minimum Gasteiger partial charge on any atom is -0.495 e. The molecule has 0 fully saturated rings. The molecule has 0 aliphatic heterocycles. The van der Waals surface area contributed by atoms with Crippen LogP contribution in [0.15, 0.2) is 17.0 Å². The van der Waals surface area contributed by atoms with Crippen LogP contribution in [-0.2, 0) is 14.8 Å². The summed E-state index contributed by atoms with van der Waals surface area (Å²) in [6.45, 7) is 6.17. The Morgan fingerprint density at radius 3 is 2.20 bits per heavy atom. The van der Waals surface area contributed by atoms with Gasteiger partial charge in [0.1, 0.15) is 16.2 Å². The average Bonchev–Trinajstić information content (AvgIpc) is 2.30. The van der Waals surface area contributed by atoms with E-state index in [4.69, 9.17) is 9.84 Å². The summed E-state index contributed by atoms with van der Waals surface area (Å²) in [7, 11) is -2.63. The van der Waals surface area contributed by atoms with Crippen molar-refractivity contribution in [2.24, 2.45) is 0 Å². The standard InChI is InChI=1S/C13H19NO5S/c1-8-6-10(19-5)11(7-9(8)2)20(17,18)14-13(3,4)12(15)16/h6-7,14H,1-5H3,(H,15,16). The highest BCUT2D eigenvalue weighted by Gasteiger charge is 2.34. The number of sulfonamides is 1. The Morgan fingerprint density at radius 1 is 1.25 bits per heavy atom. The first-order valence-electron chi connectivity index (χ1n) is 5.94. The van der Waals surface area contributed by atoms with Gasteiger partial charge in [0.15, 0.2) is 0 Å². The Bertz CT molecular complexity index is 634. The summed E-state index contributed by atoms with van der Waals surface area (Å²) in [6.07, 6.45) is 0. The average molecular weight is 301 g/mol. The Labute approximate surface area is 118 Å². The second kappa shape index (κ2) is 5.41. The fraction of sp³-hybridized carbons (Fsp3) is 0.462. The molecule has 0 bridgehead atoms. The van der Waals surface area contributed by atoms with Gasteiger partial charge in [-0.05, 0) is 51.0 Å². The molecule has 0 unspecified atom stereocenters. The first-order valence-corrected chi connectivity index (χ1v) is 7.42. The second-order valence-electron chi connectivity index (χ2n) is 5.12. The fourth-order valence-corrected chi connectivity index (χ4v) is 3.18. The maximum atomic E-state index is 12.3. The predicted molar refractivity (Wildman–Crippen MR) is 74.5 cm³/mol. The Hall–Kier alpha value is -1.60. The zero-order valence-corrected chi connectivity index (χ0v) is 13.0. The fourth-order valence-electron chi connectivity index (χ4n) is 1.57. The normalized spacial score (nSPS) is 12.2. The van der Waals surface area contributed by atoms with Crippen LogP contribution in [-0.4, -0.2) is 32.1 Å². The van der Waals surface area contributed by atoms with Crippen molar-refractivity contribution in [3.8, 4) is 5.75 Å². The lowest BCUT2D eigenvalue weighted by molar-refractivity contribution is -0.142. The summed E-state index contributed by atoms with van der Waals surface area (Å²) >= 11 is 0. The van der Waals surface area contributed by atoms with E-state index in [0.29, 0.717) is 0 Å². The molecular formula is C13H19NO5S. The van der Waals surface area contributed by atoms with Crippen LogP contribution in [0.25, 0.3) is 0 Å². The van der Waals surface area contributed by atoms with E-state index >= 15 is 0 Å². The molecular weight excluding hydrogens is 282 g/mol. The van der Waals surface area contributed by atoms with Crippen molar-refractivity contribution >= 4 is 16.0 Å². The van der Waals surface area contributed by atoms with Gasteiger partial charge in [0.05, 0.1) is 7.11 Å².